The minimum Gasteiger partial charge on any atom is -0.328 e. The van der Waals surface area contributed by atoms with Crippen LogP contribution in [0.3, 0.4) is 0 Å². The van der Waals surface area contributed by atoms with E-state index < -0.39 is 0 Å². The molecule has 0 spiro atoms. The third-order valence-electron chi connectivity index (χ3n) is 3.98. The van der Waals surface area contributed by atoms with Crippen molar-refractivity contribution < 1.29 is 0 Å². The van der Waals surface area contributed by atoms with Crippen LogP contribution in [-0.2, 0) is 6.42 Å². The second-order valence-electron chi connectivity index (χ2n) is 5.70. The van der Waals surface area contributed by atoms with Crippen LogP contribution in [-0.4, -0.2) is 25.2 Å². The van der Waals surface area contributed by atoms with E-state index in [-0.39, 0.29) is 6.04 Å². The smallest absolute Gasteiger partial charge is 0.175 e. The van der Waals surface area contributed by atoms with Crippen molar-refractivity contribution in [2.24, 2.45) is 5.73 Å². The molecule has 0 saturated carbocycles. The summed E-state index contributed by atoms with van der Waals surface area (Å²) in [7, 11) is 0. The molecule has 0 saturated heterocycles. The van der Waals surface area contributed by atoms with Crippen molar-refractivity contribution in [3.63, 3.8) is 0 Å². The lowest BCUT2D eigenvalue weighted by Gasteiger charge is -2.09. The Hall–Kier alpha value is -2.14. The van der Waals surface area contributed by atoms with Crippen molar-refractivity contribution in [1.82, 2.24) is 19.2 Å². The van der Waals surface area contributed by atoms with E-state index in [1.54, 1.807) is 0 Å². The number of imidazole rings is 1. The number of hydrogen-bond donors (Lipinski definition) is 1. The molecule has 0 aromatic carbocycles. The summed E-state index contributed by atoms with van der Waals surface area (Å²) in [6.45, 7) is 8.21. The zero-order chi connectivity index (χ0) is 15.1. The van der Waals surface area contributed by atoms with Crippen molar-refractivity contribution in [2.45, 2.75) is 40.2 Å². The predicted octanol–water partition coefficient (Wildman–Crippen LogP) is 2.33. The number of nitrogens with zero attached hydrogens (tertiary/aromatic N) is 4. The minimum atomic E-state index is 0.0712. The van der Waals surface area contributed by atoms with E-state index in [9.17, 15) is 0 Å². The van der Waals surface area contributed by atoms with E-state index in [2.05, 4.69) is 23.3 Å². The van der Waals surface area contributed by atoms with E-state index in [4.69, 9.17) is 10.7 Å². The normalized spacial score (nSPS) is 13.0. The fraction of sp³-hybridized carbons (Fsp3) is 0.375. The fourth-order valence-electron chi connectivity index (χ4n) is 2.63. The van der Waals surface area contributed by atoms with Gasteiger partial charge in [-0.25, -0.2) is 9.67 Å². The molecule has 0 aliphatic heterocycles. The third kappa shape index (κ3) is 2.23. The fourth-order valence-corrected chi connectivity index (χ4v) is 2.63. The molecule has 3 aromatic rings. The predicted molar refractivity (Wildman–Crippen MR) is 83.9 cm³/mol. The molecular weight excluding hydrogens is 262 g/mol. The molecule has 0 aliphatic rings. The number of aromatic nitrogens is 4. The molecule has 1 atom stereocenters. The zero-order valence-corrected chi connectivity index (χ0v) is 13.0. The zero-order valence-electron chi connectivity index (χ0n) is 13.0. The molecule has 0 amide bonds. The molecule has 2 N–H and O–H groups in total. The van der Waals surface area contributed by atoms with Gasteiger partial charge in [-0.05, 0) is 45.4 Å². The number of fused-ring (bicyclic) bond motifs is 1. The Morgan fingerprint density at radius 2 is 2.00 bits per heavy atom. The summed E-state index contributed by atoms with van der Waals surface area (Å²) in [4.78, 5) is 4.76. The van der Waals surface area contributed by atoms with Crippen molar-refractivity contribution in [1.29, 1.82) is 0 Å². The van der Waals surface area contributed by atoms with Gasteiger partial charge in [0.1, 0.15) is 5.65 Å². The second-order valence-corrected chi connectivity index (χ2v) is 5.70. The standard InChI is InChI=1S/C16H21N5/c1-10(17)9-14-16(18-15-7-5-6-8-20(14)15)21-13(4)11(2)12(3)19-21/h5-8,10H,9,17H2,1-4H3. The highest BCUT2D eigenvalue weighted by atomic mass is 15.3. The lowest BCUT2D eigenvalue weighted by molar-refractivity contribution is 0.701. The van der Waals surface area contributed by atoms with Gasteiger partial charge in [-0.1, -0.05) is 6.07 Å². The molecule has 0 bridgehead atoms. The lowest BCUT2D eigenvalue weighted by atomic mass is 10.2. The summed E-state index contributed by atoms with van der Waals surface area (Å²) < 4.78 is 4.04. The maximum Gasteiger partial charge on any atom is 0.175 e. The monoisotopic (exact) mass is 283 g/mol. The molecule has 3 rings (SSSR count). The Balaban J connectivity index is 2.28. The summed E-state index contributed by atoms with van der Waals surface area (Å²) in [5.74, 6) is 0.882. The molecule has 110 valence electrons. The molecule has 3 heterocycles. The SMILES string of the molecule is Cc1nn(-c2nc3ccccn3c2CC(C)N)c(C)c1C. The molecule has 1 unspecified atom stereocenters. The Labute approximate surface area is 124 Å². The molecule has 0 aliphatic carbocycles. The van der Waals surface area contributed by atoms with Gasteiger partial charge in [0.2, 0.25) is 0 Å². The largest absolute Gasteiger partial charge is 0.328 e. The first-order valence-electron chi connectivity index (χ1n) is 7.23. The van der Waals surface area contributed by atoms with Crippen LogP contribution in [0.15, 0.2) is 24.4 Å². The average molecular weight is 283 g/mol. The van der Waals surface area contributed by atoms with Crippen LogP contribution in [0.1, 0.15) is 29.6 Å². The van der Waals surface area contributed by atoms with E-state index in [1.807, 2.05) is 42.9 Å². The molecule has 5 heteroatoms. The molecule has 0 radical (unpaired) electrons. The number of aryl methyl sites for hydroxylation is 1. The van der Waals surface area contributed by atoms with Gasteiger partial charge in [0, 0.05) is 24.4 Å². The highest BCUT2D eigenvalue weighted by Gasteiger charge is 2.18. The third-order valence-corrected chi connectivity index (χ3v) is 3.98. The summed E-state index contributed by atoms with van der Waals surface area (Å²) >= 11 is 0. The van der Waals surface area contributed by atoms with Crippen molar-refractivity contribution >= 4 is 5.65 Å². The molecule has 3 aromatic heterocycles. The van der Waals surface area contributed by atoms with Crippen molar-refractivity contribution in [3.05, 3.63) is 47.0 Å². The van der Waals surface area contributed by atoms with Gasteiger partial charge in [-0.3, -0.25) is 0 Å². The first-order valence-corrected chi connectivity index (χ1v) is 7.23. The summed E-state index contributed by atoms with van der Waals surface area (Å²) in [5, 5.41) is 4.64. The minimum absolute atomic E-state index is 0.0712. The van der Waals surface area contributed by atoms with Crippen LogP contribution in [0.4, 0.5) is 0 Å². The van der Waals surface area contributed by atoms with E-state index in [1.165, 1.54) is 5.56 Å². The first-order chi connectivity index (χ1) is 9.99. The summed E-state index contributed by atoms with van der Waals surface area (Å²) in [5.41, 5.74) is 11.4. The van der Waals surface area contributed by atoms with Gasteiger partial charge in [0.25, 0.3) is 0 Å². The topological polar surface area (TPSA) is 61.1 Å². The van der Waals surface area contributed by atoms with Crippen LogP contribution in [0.25, 0.3) is 11.5 Å². The second kappa shape index (κ2) is 5.00. The van der Waals surface area contributed by atoms with Gasteiger partial charge >= 0.3 is 0 Å². The van der Waals surface area contributed by atoms with Gasteiger partial charge in [0.15, 0.2) is 5.82 Å². The number of pyridine rings is 1. The molecule has 0 fully saturated rings. The first kappa shape index (κ1) is 13.8. The average Bonchev–Trinajstić information content (AvgIpc) is 2.92. The van der Waals surface area contributed by atoms with Crippen LogP contribution >= 0.6 is 0 Å². The highest BCUT2D eigenvalue weighted by Crippen LogP contribution is 2.22. The number of hydrogen-bond acceptors (Lipinski definition) is 3. The Kier molecular flexibility index (Phi) is 3.29. The lowest BCUT2D eigenvalue weighted by Crippen LogP contribution is -2.20. The van der Waals surface area contributed by atoms with Gasteiger partial charge in [-0.2, -0.15) is 5.10 Å². The van der Waals surface area contributed by atoms with Crippen LogP contribution in [0.2, 0.25) is 0 Å². The number of rotatable bonds is 3. The summed E-state index contributed by atoms with van der Waals surface area (Å²) in [6, 6.07) is 6.08. The maximum absolute atomic E-state index is 6.02. The van der Waals surface area contributed by atoms with Crippen LogP contribution < -0.4 is 5.73 Å². The molecular formula is C16H21N5. The van der Waals surface area contributed by atoms with Gasteiger partial charge in [-0.15, -0.1) is 0 Å². The summed E-state index contributed by atoms with van der Waals surface area (Å²) in [6.07, 6.45) is 2.79. The van der Waals surface area contributed by atoms with Crippen molar-refractivity contribution in [3.8, 4) is 5.82 Å². The van der Waals surface area contributed by atoms with E-state index in [0.717, 1.165) is 35.0 Å². The van der Waals surface area contributed by atoms with Crippen molar-refractivity contribution in [2.75, 3.05) is 0 Å². The Morgan fingerprint density at radius 3 is 2.62 bits per heavy atom. The van der Waals surface area contributed by atoms with E-state index >= 15 is 0 Å². The van der Waals surface area contributed by atoms with Crippen LogP contribution in [0, 0.1) is 20.8 Å². The number of nitrogens with two attached hydrogens (primary N) is 1. The van der Waals surface area contributed by atoms with Gasteiger partial charge in [0.05, 0.1) is 11.4 Å². The van der Waals surface area contributed by atoms with Crippen LogP contribution in [0.5, 0.6) is 0 Å². The Morgan fingerprint density at radius 1 is 1.24 bits per heavy atom. The maximum atomic E-state index is 6.02. The quantitative estimate of drug-likeness (QED) is 0.802. The van der Waals surface area contributed by atoms with Gasteiger partial charge < -0.3 is 10.1 Å². The Bertz CT molecular complexity index is 794. The van der Waals surface area contributed by atoms with E-state index in [0.29, 0.717) is 0 Å². The molecule has 21 heavy (non-hydrogen) atoms. The molecule has 5 nitrogen and oxygen atoms in total. The highest BCUT2D eigenvalue weighted by molar-refractivity contribution is 5.49.